The number of carbonyl (C=O) groups excluding carboxylic acids is 2. The van der Waals surface area contributed by atoms with Crippen molar-refractivity contribution < 1.29 is 9.59 Å². The van der Waals surface area contributed by atoms with Crippen LogP contribution in [0.4, 0.5) is 11.4 Å². The van der Waals surface area contributed by atoms with Crippen molar-refractivity contribution in [3.8, 4) is 0 Å². The first-order chi connectivity index (χ1) is 12.1. The molecule has 0 bridgehead atoms. The number of carbonyl (C=O) groups is 2. The third-order valence-electron chi connectivity index (χ3n) is 3.54. The predicted molar refractivity (Wildman–Crippen MR) is 100 cm³/mol. The summed E-state index contributed by atoms with van der Waals surface area (Å²) in [5.41, 5.74) is 2.35. The predicted octanol–water partition coefficient (Wildman–Crippen LogP) is 4.84. The van der Waals surface area contributed by atoms with Crippen LogP contribution in [0.5, 0.6) is 0 Å². The summed E-state index contributed by atoms with van der Waals surface area (Å²) in [6, 6.07) is 22.5. The van der Waals surface area contributed by atoms with Crippen LogP contribution < -0.4 is 10.6 Å². The Balaban J connectivity index is 1.64. The van der Waals surface area contributed by atoms with E-state index in [1.54, 1.807) is 48.5 Å². The second kappa shape index (κ2) is 7.64. The first kappa shape index (κ1) is 16.7. The monoisotopic (exact) mass is 350 g/mol. The fourth-order valence-electron chi connectivity index (χ4n) is 2.23. The van der Waals surface area contributed by atoms with Gasteiger partial charge in [-0.2, -0.15) is 0 Å². The summed E-state index contributed by atoms with van der Waals surface area (Å²) in [7, 11) is 0. The first-order valence-corrected chi connectivity index (χ1v) is 8.03. The highest BCUT2D eigenvalue weighted by molar-refractivity contribution is 6.30. The molecular formula is C20H15ClN2O2. The van der Waals surface area contributed by atoms with Crippen LogP contribution in [0.1, 0.15) is 20.7 Å². The maximum absolute atomic E-state index is 12.2. The third kappa shape index (κ3) is 4.46. The van der Waals surface area contributed by atoms with Crippen molar-refractivity contribution in [3.05, 3.63) is 95.0 Å². The molecule has 0 saturated heterocycles. The van der Waals surface area contributed by atoms with Gasteiger partial charge in [-0.05, 0) is 60.7 Å². The Labute approximate surface area is 150 Å². The van der Waals surface area contributed by atoms with Gasteiger partial charge in [0.05, 0.1) is 0 Å². The molecule has 3 rings (SSSR count). The minimum absolute atomic E-state index is 0.207. The average Bonchev–Trinajstić information content (AvgIpc) is 2.63. The van der Waals surface area contributed by atoms with E-state index in [1.807, 2.05) is 30.3 Å². The van der Waals surface area contributed by atoms with E-state index in [0.29, 0.717) is 21.8 Å². The van der Waals surface area contributed by atoms with Crippen molar-refractivity contribution in [1.82, 2.24) is 0 Å². The van der Waals surface area contributed by atoms with Gasteiger partial charge in [-0.15, -0.1) is 0 Å². The molecule has 0 aliphatic rings. The fourth-order valence-corrected chi connectivity index (χ4v) is 2.36. The molecule has 3 aromatic carbocycles. The molecule has 0 aromatic heterocycles. The summed E-state index contributed by atoms with van der Waals surface area (Å²) in [5, 5.41) is 6.16. The summed E-state index contributed by atoms with van der Waals surface area (Å²) in [5.74, 6) is -0.445. The molecule has 2 amide bonds. The summed E-state index contributed by atoms with van der Waals surface area (Å²) >= 11 is 5.81. The zero-order valence-electron chi connectivity index (χ0n) is 13.2. The lowest BCUT2D eigenvalue weighted by atomic mass is 10.1. The van der Waals surface area contributed by atoms with Gasteiger partial charge in [-0.3, -0.25) is 9.59 Å². The first-order valence-electron chi connectivity index (χ1n) is 7.65. The smallest absolute Gasteiger partial charge is 0.255 e. The number of amides is 2. The quantitative estimate of drug-likeness (QED) is 0.707. The molecule has 0 aliphatic carbocycles. The molecule has 0 radical (unpaired) electrons. The van der Waals surface area contributed by atoms with Gasteiger partial charge in [-0.25, -0.2) is 0 Å². The van der Waals surface area contributed by atoms with Crippen LogP contribution in [0, 0.1) is 0 Å². The molecular weight excluding hydrogens is 336 g/mol. The van der Waals surface area contributed by atoms with Crippen molar-refractivity contribution >= 4 is 34.8 Å². The SMILES string of the molecule is O=C(Nc1ccc(C(=O)Nc2ccccc2)cc1)c1ccc(Cl)cc1. The highest BCUT2D eigenvalue weighted by Gasteiger charge is 2.08. The maximum atomic E-state index is 12.2. The molecule has 0 atom stereocenters. The number of hydrogen-bond donors (Lipinski definition) is 2. The van der Waals surface area contributed by atoms with Gasteiger partial charge in [-0.1, -0.05) is 29.8 Å². The van der Waals surface area contributed by atoms with E-state index >= 15 is 0 Å². The molecule has 0 heterocycles. The summed E-state index contributed by atoms with van der Waals surface area (Å²) in [4.78, 5) is 24.3. The minimum atomic E-state index is -0.238. The zero-order chi connectivity index (χ0) is 17.6. The third-order valence-corrected chi connectivity index (χ3v) is 3.80. The van der Waals surface area contributed by atoms with E-state index in [4.69, 9.17) is 11.6 Å². The molecule has 2 N–H and O–H groups in total. The van der Waals surface area contributed by atoms with E-state index in [2.05, 4.69) is 10.6 Å². The van der Waals surface area contributed by atoms with Crippen LogP contribution in [0.2, 0.25) is 5.02 Å². The number of nitrogens with one attached hydrogen (secondary N) is 2. The van der Waals surface area contributed by atoms with E-state index < -0.39 is 0 Å². The lowest BCUT2D eigenvalue weighted by Gasteiger charge is -2.08. The number of hydrogen-bond acceptors (Lipinski definition) is 2. The standard InChI is InChI=1S/C20H15ClN2O2/c21-16-10-6-14(7-11-16)19(24)23-18-12-8-15(9-13-18)20(25)22-17-4-2-1-3-5-17/h1-13H,(H,22,25)(H,23,24). The van der Waals surface area contributed by atoms with Crippen molar-refractivity contribution in [3.63, 3.8) is 0 Å². The Kier molecular flexibility index (Phi) is 5.11. The molecule has 4 nitrogen and oxygen atoms in total. The maximum Gasteiger partial charge on any atom is 0.255 e. The molecule has 5 heteroatoms. The average molecular weight is 351 g/mol. The number of halogens is 1. The largest absolute Gasteiger partial charge is 0.322 e. The topological polar surface area (TPSA) is 58.2 Å². The Bertz CT molecular complexity index is 876. The van der Waals surface area contributed by atoms with E-state index in [1.165, 1.54) is 0 Å². The molecule has 0 unspecified atom stereocenters. The van der Waals surface area contributed by atoms with Crippen LogP contribution in [0.25, 0.3) is 0 Å². The van der Waals surface area contributed by atoms with Gasteiger partial charge in [0.1, 0.15) is 0 Å². The van der Waals surface area contributed by atoms with Crippen molar-refractivity contribution in [1.29, 1.82) is 0 Å². The van der Waals surface area contributed by atoms with Crippen LogP contribution in [0.15, 0.2) is 78.9 Å². The van der Waals surface area contributed by atoms with Crippen molar-refractivity contribution in [2.75, 3.05) is 10.6 Å². The number of anilines is 2. The Hall–Kier alpha value is -3.11. The van der Waals surface area contributed by atoms with Crippen LogP contribution in [-0.4, -0.2) is 11.8 Å². The van der Waals surface area contributed by atoms with Gasteiger partial charge in [0, 0.05) is 27.5 Å². The lowest BCUT2D eigenvalue weighted by Crippen LogP contribution is -2.13. The van der Waals surface area contributed by atoms with Gasteiger partial charge >= 0.3 is 0 Å². The number of rotatable bonds is 4. The molecule has 0 saturated carbocycles. The second-order valence-corrected chi connectivity index (χ2v) is 5.79. The number of benzene rings is 3. The molecule has 0 aliphatic heterocycles. The minimum Gasteiger partial charge on any atom is -0.322 e. The summed E-state index contributed by atoms with van der Waals surface area (Å²) < 4.78 is 0. The Morgan fingerprint density at radius 1 is 0.600 bits per heavy atom. The van der Waals surface area contributed by atoms with E-state index in [0.717, 1.165) is 5.69 Å². The molecule has 0 fully saturated rings. The van der Waals surface area contributed by atoms with Gasteiger partial charge in [0.2, 0.25) is 0 Å². The van der Waals surface area contributed by atoms with Crippen LogP contribution in [0.3, 0.4) is 0 Å². The normalized spacial score (nSPS) is 10.1. The highest BCUT2D eigenvalue weighted by Crippen LogP contribution is 2.15. The Morgan fingerprint density at radius 2 is 1.04 bits per heavy atom. The fraction of sp³-hybridized carbons (Fsp3) is 0. The molecule has 0 spiro atoms. The molecule has 3 aromatic rings. The van der Waals surface area contributed by atoms with E-state index in [-0.39, 0.29) is 11.8 Å². The van der Waals surface area contributed by atoms with Crippen molar-refractivity contribution in [2.24, 2.45) is 0 Å². The second-order valence-electron chi connectivity index (χ2n) is 5.36. The highest BCUT2D eigenvalue weighted by atomic mass is 35.5. The zero-order valence-corrected chi connectivity index (χ0v) is 14.0. The lowest BCUT2D eigenvalue weighted by molar-refractivity contribution is 0.102. The van der Waals surface area contributed by atoms with E-state index in [9.17, 15) is 9.59 Å². The van der Waals surface area contributed by atoms with Crippen LogP contribution >= 0.6 is 11.6 Å². The summed E-state index contributed by atoms with van der Waals surface area (Å²) in [6.07, 6.45) is 0. The van der Waals surface area contributed by atoms with Gasteiger partial charge < -0.3 is 10.6 Å². The number of para-hydroxylation sites is 1. The summed E-state index contributed by atoms with van der Waals surface area (Å²) in [6.45, 7) is 0. The Morgan fingerprint density at radius 3 is 1.56 bits per heavy atom. The molecule has 25 heavy (non-hydrogen) atoms. The van der Waals surface area contributed by atoms with Crippen molar-refractivity contribution in [2.45, 2.75) is 0 Å². The molecule has 124 valence electrons. The van der Waals surface area contributed by atoms with Gasteiger partial charge in [0.25, 0.3) is 11.8 Å². The van der Waals surface area contributed by atoms with Gasteiger partial charge in [0.15, 0.2) is 0 Å². The van der Waals surface area contributed by atoms with Crippen LogP contribution in [-0.2, 0) is 0 Å².